The van der Waals surface area contributed by atoms with E-state index in [-0.39, 0.29) is 12.5 Å². The molecule has 0 saturated heterocycles. The molecule has 1 rings (SSSR count). The molecule has 7 heteroatoms. The van der Waals surface area contributed by atoms with Crippen molar-refractivity contribution < 1.29 is 14.3 Å². The maximum absolute atomic E-state index is 11.5. The van der Waals surface area contributed by atoms with Crippen LogP contribution in [0.3, 0.4) is 0 Å². The van der Waals surface area contributed by atoms with E-state index in [9.17, 15) is 9.59 Å². The molecule has 18 heavy (non-hydrogen) atoms. The third kappa shape index (κ3) is 3.23. The lowest BCUT2D eigenvalue weighted by atomic mass is 10.2. The number of methoxy groups -OCH3 is 1. The van der Waals surface area contributed by atoms with Crippen LogP contribution in [0.4, 0.5) is 5.69 Å². The van der Waals surface area contributed by atoms with Crippen LogP contribution in [0.5, 0.6) is 0 Å². The summed E-state index contributed by atoms with van der Waals surface area (Å²) < 4.78 is 4.56. The number of nitrogens with zero attached hydrogens (tertiary/aromatic N) is 4. The Morgan fingerprint density at radius 3 is 2.50 bits per heavy atom. The van der Waals surface area contributed by atoms with Crippen LogP contribution < -0.4 is 4.90 Å². The summed E-state index contributed by atoms with van der Waals surface area (Å²) in [6, 6.07) is 6.33. The Hall–Kier alpha value is -2.53. The Labute approximate surface area is 104 Å². The first-order chi connectivity index (χ1) is 8.60. The minimum Gasteiger partial charge on any atom is -0.465 e. The van der Waals surface area contributed by atoms with E-state index in [2.05, 4.69) is 14.8 Å². The van der Waals surface area contributed by atoms with Crippen molar-refractivity contribution in [2.75, 3.05) is 25.6 Å². The molecule has 0 aliphatic carbocycles. The van der Waals surface area contributed by atoms with Crippen molar-refractivity contribution in [3.8, 4) is 0 Å². The van der Waals surface area contributed by atoms with E-state index in [1.54, 1.807) is 31.3 Å². The van der Waals surface area contributed by atoms with Crippen LogP contribution in [0.1, 0.15) is 10.4 Å². The largest absolute Gasteiger partial charge is 0.465 e. The van der Waals surface area contributed by atoms with Gasteiger partial charge in [0.2, 0.25) is 5.91 Å². The summed E-state index contributed by atoms with van der Waals surface area (Å²) in [6.07, 6.45) is 0. The third-order valence-corrected chi connectivity index (χ3v) is 2.32. The number of likely N-dealkylation sites (N-methyl/N-ethyl adjacent to an activating group) is 1. The minimum atomic E-state index is -0.440. The van der Waals surface area contributed by atoms with Gasteiger partial charge in [0.05, 0.1) is 12.7 Å². The van der Waals surface area contributed by atoms with E-state index >= 15 is 0 Å². The Kier molecular flexibility index (Phi) is 4.71. The van der Waals surface area contributed by atoms with Crippen LogP contribution >= 0.6 is 0 Å². The number of esters is 1. The van der Waals surface area contributed by atoms with Gasteiger partial charge in [-0.25, -0.2) is 4.79 Å². The second-order valence-electron chi connectivity index (χ2n) is 3.38. The van der Waals surface area contributed by atoms with E-state index in [0.717, 1.165) is 0 Å². The number of hydrogen-bond acceptors (Lipinski definition) is 4. The molecule has 0 fully saturated rings. The molecule has 0 atom stereocenters. The summed E-state index contributed by atoms with van der Waals surface area (Å²) in [5, 5.41) is 3.19. The standard InChI is InChI=1S/C11H12N4O3/c1-15(10(16)7-13-14-12)9-5-3-8(4-6-9)11(17)18-2/h3-6H,7H2,1-2H3. The van der Waals surface area contributed by atoms with Gasteiger partial charge in [0.25, 0.3) is 0 Å². The number of azide groups is 1. The van der Waals surface area contributed by atoms with Crippen molar-refractivity contribution in [2.24, 2.45) is 5.11 Å². The molecule has 1 amide bonds. The molecular weight excluding hydrogens is 236 g/mol. The lowest BCUT2D eigenvalue weighted by Crippen LogP contribution is -2.28. The molecule has 1 aromatic rings. The normalized spacial score (nSPS) is 9.22. The second kappa shape index (κ2) is 6.27. The van der Waals surface area contributed by atoms with Gasteiger partial charge in [-0.1, -0.05) is 5.11 Å². The zero-order valence-corrected chi connectivity index (χ0v) is 10.0. The van der Waals surface area contributed by atoms with Crippen molar-refractivity contribution in [3.05, 3.63) is 40.3 Å². The minimum absolute atomic E-state index is 0.244. The highest BCUT2D eigenvalue weighted by Crippen LogP contribution is 2.14. The molecule has 0 spiro atoms. The van der Waals surface area contributed by atoms with Gasteiger partial charge in [0.15, 0.2) is 0 Å². The zero-order chi connectivity index (χ0) is 13.5. The van der Waals surface area contributed by atoms with Crippen molar-refractivity contribution >= 4 is 17.6 Å². The summed E-state index contributed by atoms with van der Waals surface area (Å²) in [5.41, 5.74) is 9.13. The van der Waals surface area contributed by atoms with Crippen LogP contribution in [0.15, 0.2) is 29.4 Å². The van der Waals surface area contributed by atoms with Crippen LogP contribution in [0.25, 0.3) is 10.4 Å². The monoisotopic (exact) mass is 248 g/mol. The van der Waals surface area contributed by atoms with Gasteiger partial charge >= 0.3 is 5.97 Å². The Bertz CT molecular complexity index is 492. The number of hydrogen-bond donors (Lipinski definition) is 0. The highest BCUT2D eigenvalue weighted by atomic mass is 16.5. The van der Waals surface area contributed by atoms with Crippen molar-refractivity contribution in [1.82, 2.24) is 0 Å². The maximum Gasteiger partial charge on any atom is 0.337 e. The van der Waals surface area contributed by atoms with Crippen LogP contribution in [0, 0.1) is 0 Å². The van der Waals surface area contributed by atoms with Gasteiger partial charge in [-0.15, -0.1) is 0 Å². The summed E-state index contributed by atoms with van der Waals surface area (Å²) >= 11 is 0. The Balaban J connectivity index is 2.81. The Morgan fingerprint density at radius 1 is 1.39 bits per heavy atom. The third-order valence-electron chi connectivity index (χ3n) is 2.32. The summed E-state index contributed by atoms with van der Waals surface area (Å²) in [7, 11) is 2.86. The fourth-order valence-electron chi connectivity index (χ4n) is 1.28. The molecular formula is C11H12N4O3. The number of ether oxygens (including phenoxy) is 1. The van der Waals surface area contributed by atoms with Crippen molar-refractivity contribution in [1.29, 1.82) is 0 Å². The first kappa shape index (κ1) is 13.5. The molecule has 0 unspecified atom stereocenters. The summed E-state index contributed by atoms with van der Waals surface area (Å²) in [6.45, 7) is -0.244. The zero-order valence-electron chi connectivity index (χ0n) is 10.0. The molecule has 94 valence electrons. The van der Waals surface area contributed by atoms with Crippen LogP contribution in [-0.4, -0.2) is 32.6 Å². The molecule has 0 radical (unpaired) electrons. The topological polar surface area (TPSA) is 95.4 Å². The second-order valence-corrected chi connectivity index (χ2v) is 3.38. The molecule has 0 heterocycles. The van der Waals surface area contributed by atoms with Gasteiger partial charge < -0.3 is 9.64 Å². The first-order valence-electron chi connectivity index (χ1n) is 5.06. The smallest absolute Gasteiger partial charge is 0.337 e. The molecule has 0 aromatic heterocycles. The summed E-state index contributed by atoms with van der Waals surface area (Å²) in [4.78, 5) is 26.6. The van der Waals surface area contributed by atoms with Gasteiger partial charge in [0, 0.05) is 17.6 Å². The van der Waals surface area contributed by atoms with Crippen molar-refractivity contribution in [3.63, 3.8) is 0 Å². The van der Waals surface area contributed by atoms with Gasteiger partial charge in [-0.3, -0.25) is 4.79 Å². The molecule has 1 aromatic carbocycles. The number of carbonyl (C=O) groups excluding carboxylic acids is 2. The van der Waals surface area contributed by atoms with Gasteiger partial charge in [0.1, 0.15) is 6.54 Å². The van der Waals surface area contributed by atoms with Crippen LogP contribution in [-0.2, 0) is 9.53 Å². The Morgan fingerprint density at radius 2 is 2.00 bits per heavy atom. The highest BCUT2D eigenvalue weighted by molar-refractivity contribution is 5.95. The predicted octanol–water partition coefficient (Wildman–Crippen LogP) is 1.75. The quantitative estimate of drug-likeness (QED) is 0.351. The molecule has 0 bridgehead atoms. The fraction of sp³-hybridized carbons (Fsp3) is 0.273. The number of amides is 1. The number of benzene rings is 1. The lowest BCUT2D eigenvalue weighted by molar-refractivity contribution is -0.117. The highest BCUT2D eigenvalue weighted by Gasteiger charge is 2.11. The van der Waals surface area contributed by atoms with E-state index in [4.69, 9.17) is 5.53 Å². The van der Waals surface area contributed by atoms with Crippen molar-refractivity contribution in [2.45, 2.75) is 0 Å². The van der Waals surface area contributed by atoms with Gasteiger partial charge in [-0.05, 0) is 29.8 Å². The number of rotatable bonds is 4. The lowest BCUT2D eigenvalue weighted by Gasteiger charge is -2.16. The van der Waals surface area contributed by atoms with E-state index in [1.165, 1.54) is 12.0 Å². The first-order valence-corrected chi connectivity index (χ1v) is 5.06. The molecule has 7 nitrogen and oxygen atoms in total. The SMILES string of the molecule is COC(=O)c1ccc(N(C)C(=O)CN=[N+]=[N-])cc1. The number of anilines is 1. The van der Waals surface area contributed by atoms with Crippen LogP contribution in [0.2, 0.25) is 0 Å². The predicted molar refractivity (Wildman–Crippen MR) is 65.2 cm³/mol. The van der Waals surface area contributed by atoms with Gasteiger partial charge in [-0.2, -0.15) is 0 Å². The fourth-order valence-corrected chi connectivity index (χ4v) is 1.28. The van der Waals surface area contributed by atoms with E-state index < -0.39 is 5.97 Å². The average molecular weight is 248 g/mol. The molecule has 0 aliphatic heterocycles. The molecule has 0 aliphatic rings. The summed E-state index contributed by atoms with van der Waals surface area (Å²) in [5.74, 6) is -0.775. The van der Waals surface area contributed by atoms with E-state index in [1.807, 2.05) is 0 Å². The number of carbonyl (C=O) groups is 2. The molecule has 0 saturated carbocycles. The maximum atomic E-state index is 11.5. The molecule has 0 N–H and O–H groups in total. The van der Waals surface area contributed by atoms with E-state index in [0.29, 0.717) is 11.3 Å². The average Bonchev–Trinajstić information content (AvgIpc) is 2.43.